The van der Waals surface area contributed by atoms with E-state index in [1.807, 2.05) is 24.3 Å². The summed E-state index contributed by atoms with van der Waals surface area (Å²) >= 11 is 3.16. The third kappa shape index (κ3) is 4.23. The molecule has 1 amide bonds. The fourth-order valence-electron chi connectivity index (χ4n) is 3.37. The van der Waals surface area contributed by atoms with Crippen molar-refractivity contribution < 1.29 is 14.3 Å². The Labute approximate surface area is 172 Å². The number of benzene rings is 2. The van der Waals surface area contributed by atoms with E-state index in [0.29, 0.717) is 13.1 Å². The van der Waals surface area contributed by atoms with Crippen LogP contribution < -0.4 is 0 Å². The Hall–Kier alpha value is -2.31. The minimum Gasteiger partial charge on any atom is -0.452 e. The number of thioether (sulfide) groups is 1. The summed E-state index contributed by atoms with van der Waals surface area (Å²) in [6.45, 7) is 2.94. The van der Waals surface area contributed by atoms with E-state index in [0.717, 1.165) is 16.7 Å². The molecule has 0 bridgehead atoms. The maximum Gasteiger partial charge on any atom is 0.317 e. The number of hydrogen-bond acceptors (Lipinski definition) is 5. The predicted molar refractivity (Wildman–Crippen MR) is 114 cm³/mol. The fourth-order valence-corrected chi connectivity index (χ4v) is 4.99. The predicted octanol–water partition coefficient (Wildman–Crippen LogP) is 4.51. The molecular weight excluding hydrogens is 390 g/mol. The smallest absolute Gasteiger partial charge is 0.317 e. The monoisotopic (exact) mass is 411 g/mol. The average molecular weight is 412 g/mol. The molecule has 0 aliphatic carbocycles. The van der Waals surface area contributed by atoms with Crippen molar-refractivity contribution in [1.82, 2.24) is 4.90 Å². The second-order valence-electron chi connectivity index (χ2n) is 6.81. The largest absolute Gasteiger partial charge is 0.452 e. The Balaban J connectivity index is 1.29. The van der Waals surface area contributed by atoms with Crippen LogP contribution in [0.15, 0.2) is 58.8 Å². The molecule has 0 N–H and O–H groups in total. The Kier molecular flexibility index (Phi) is 5.69. The molecular formula is C22H21NO3S2. The first kappa shape index (κ1) is 19.0. The zero-order chi connectivity index (χ0) is 19.5. The van der Waals surface area contributed by atoms with Gasteiger partial charge in [-0.25, -0.2) is 0 Å². The van der Waals surface area contributed by atoms with Crippen molar-refractivity contribution in [3.63, 3.8) is 0 Å². The van der Waals surface area contributed by atoms with Crippen LogP contribution in [0, 0.1) is 0 Å². The van der Waals surface area contributed by atoms with Gasteiger partial charge in [0.05, 0.1) is 5.75 Å². The molecule has 0 saturated carbocycles. The second kappa shape index (κ2) is 8.37. The van der Waals surface area contributed by atoms with Gasteiger partial charge in [0.25, 0.3) is 5.91 Å². The lowest BCUT2D eigenvalue weighted by molar-refractivity contribution is -0.157. The number of carbonyl (C=O) groups excluding carboxylic acids is 2. The van der Waals surface area contributed by atoms with Gasteiger partial charge in [0.2, 0.25) is 0 Å². The Morgan fingerprint density at radius 1 is 1.18 bits per heavy atom. The summed E-state index contributed by atoms with van der Waals surface area (Å²) in [5.41, 5.74) is 1.20. The number of rotatable bonds is 5. The van der Waals surface area contributed by atoms with E-state index in [1.165, 1.54) is 27.6 Å². The Morgan fingerprint density at radius 3 is 2.86 bits per heavy atom. The van der Waals surface area contributed by atoms with Crippen molar-refractivity contribution in [2.75, 3.05) is 12.3 Å². The quantitative estimate of drug-likeness (QED) is 0.458. The second-order valence-corrected chi connectivity index (χ2v) is 8.86. The standard InChI is InChI=1S/C22H21NO3S2/c1-15(22(25)23-10-8-20-18(13-23)9-11-27-20)26-21(24)14-28-19-7-6-16-4-2-3-5-17(16)12-19/h2-7,9,11-12,15H,8,10,13-14H2,1H3. The van der Waals surface area contributed by atoms with Gasteiger partial charge in [0, 0.05) is 22.9 Å². The number of ether oxygens (including phenoxy) is 1. The maximum absolute atomic E-state index is 12.6. The van der Waals surface area contributed by atoms with Crippen LogP contribution in [-0.4, -0.2) is 35.2 Å². The van der Waals surface area contributed by atoms with E-state index < -0.39 is 6.10 Å². The molecule has 3 aromatic rings. The van der Waals surface area contributed by atoms with E-state index >= 15 is 0 Å². The van der Waals surface area contributed by atoms with Crippen LogP contribution in [-0.2, 0) is 27.3 Å². The minimum absolute atomic E-state index is 0.124. The molecule has 0 saturated heterocycles. The molecule has 0 spiro atoms. The van der Waals surface area contributed by atoms with Gasteiger partial charge in [-0.3, -0.25) is 9.59 Å². The summed E-state index contributed by atoms with van der Waals surface area (Å²) in [7, 11) is 0. The van der Waals surface area contributed by atoms with Crippen LogP contribution in [0.5, 0.6) is 0 Å². The number of esters is 1. The first-order valence-corrected chi connectivity index (χ1v) is 11.1. The van der Waals surface area contributed by atoms with Crippen LogP contribution in [0.25, 0.3) is 10.8 Å². The molecule has 6 heteroatoms. The number of amides is 1. The molecule has 28 heavy (non-hydrogen) atoms. The van der Waals surface area contributed by atoms with Gasteiger partial charge >= 0.3 is 5.97 Å². The van der Waals surface area contributed by atoms with Gasteiger partial charge in [-0.05, 0) is 53.3 Å². The summed E-state index contributed by atoms with van der Waals surface area (Å²) in [6.07, 6.45) is 0.113. The first-order valence-electron chi connectivity index (χ1n) is 9.25. The van der Waals surface area contributed by atoms with E-state index in [9.17, 15) is 9.59 Å². The minimum atomic E-state index is -0.759. The van der Waals surface area contributed by atoms with Crippen LogP contribution in [0.4, 0.5) is 0 Å². The summed E-state index contributed by atoms with van der Waals surface area (Å²) in [5.74, 6) is -0.307. The van der Waals surface area contributed by atoms with Crippen LogP contribution in [0.2, 0.25) is 0 Å². The zero-order valence-corrected chi connectivity index (χ0v) is 17.2. The van der Waals surface area contributed by atoms with Gasteiger partial charge in [0.15, 0.2) is 6.10 Å². The number of hydrogen-bond donors (Lipinski definition) is 0. The van der Waals surface area contributed by atoms with Gasteiger partial charge < -0.3 is 9.64 Å². The van der Waals surface area contributed by atoms with Crippen LogP contribution in [0.1, 0.15) is 17.4 Å². The van der Waals surface area contributed by atoms with E-state index in [-0.39, 0.29) is 17.6 Å². The first-order chi connectivity index (χ1) is 13.6. The van der Waals surface area contributed by atoms with Gasteiger partial charge in [-0.15, -0.1) is 23.1 Å². The van der Waals surface area contributed by atoms with Crippen molar-refractivity contribution in [1.29, 1.82) is 0 Å². The third-order valence-electron chi connectivity index (χ3n) is 4.85. The van der Waals surface area contributed by atoms with Crippen LogP contribution in [0.3, 0.4) is 0 Å². The highest BCUT2D eigenvalue weighted by molar-refractivity contribution is 8.00. The topological polar surface area (TPSA) is 46.6 Å². The van der Waals surface area contributed by atoms with E-state index in [4.69, 9.17) is 4.74 Å². The lowest BCUT2D eigenvalue weighted by atomic mass is 10.1. The average Bonchev–Trinajstić information content (AvgIpc) is 3.19. The number of carbonyl (C=O) groups is 2. The van der Waals surface area contributed by atoms with Crippen molar-refractivity contribution in [2.45, 2.75) is 30.9 Å². The number of fused-ring (bicyclic) bond motifs is 2. The molecule has 1 atom stereocenters. The van der Waals surface area contributed by atoms with Crippen LogP contribution >= 0.6 is 23.1 Å². The summed E-state index contributed by atoms with van der Waals surface area (Å²) in [4.78, 5) is 29.0. The van der Waals surface area contributed by atoms with Gasteiger partial charge in [-0.2, -0.15) is 0 Å². The highest BCUT2D eigenvalue weighted by Crippen LogP contribution is 2.25. The highest BCUT2D eigenvalue weighted by atomic mass is 32.2. The SMILES string of the molecule is CC(OC(=O)CSc1ccc2ccccc2c1)C(=O)N1CCc2sccc2C1. The van der Waals surface area contributed by atoms with Gasteiger partial charge in [0.1, 0.15) is 0 Å². The lowest BCUT2D eigenvalue weighted by Gasteiger charge is -2.29. The summed E-state index contributed by atoms with van der Waals surface area (Å²) < 4.78 is 5.40. The molecule has 0 radical (unpaired) electrons. The summed E-state index contributed by atoms with van der Waals surface area (Å²) in [5, 5.41) is 4.37. The fraction of sp³-hybridized carbons (Fsp3) is 0.273. The van der Waals surface area contributed by atoms with Crippen molar-refractivity contribution in [2.24, 2.45) is 0 Å². The molecule has 1 aliphatic heterocycles. The molecule has 4 rings (SSSR count). The van der Waals surface area contributed by atoms with Crippen molar-refractivity contribution >= 4 is 45.7 Å². The van der Waals surface area contributed by atoms with Crippen molar-refractivity contribution in [3.8, 4) is 0 Å². The Bertz CT molecular complexity index is 1010. The lowest BCUT2D eigenvalue weighted by Crippen LogP contribution is -2.42. The molecule has 2 aromatic carbocycles. The van der Waals surface area contributed by atoms with E-state index in [1.54, 1.807) is 23.2 Å². The van der Waals surface area contributed by atoms with Gasteiger partial charge in [-0.1, -0.05) is 30.3 Å². The number of nitrogens with zero attached hydrogens (tertiary/aromatic N) is 1. The zero-order valence-electron chi connectivity index (χ0n) is 15.6. The molecule has 1 unspecified atom stereocenters. The Morgan fingerprint density at radius 2 is 2.00 bits per heavy atom. The molecule has 4 nitrogen and oxygen atoms in total. The molecule has 144 valence electrons. The van der Waals surface area contributed by atoms with E-state index in [2.05, 4.69) is 29.6 Å². The maximum atomic E-state index is 12.6. The number of thiophene rings is 1. The highest BCUT2D eigenvalue weighted by Gasteiger charge is 2.27. The molecule has 0 fully saturated rings. The molecule has 1 aromatic heterocycles. The third-order valence-corrected chi connectivity index (χ3v) is 6.84. The summed E-state index contributed by atoms with van der Waals surface area (Å²) in [6, 6.07) is 16.3. The molecule has 1 aliphatic rings. The normalized spacial score (nSPS) is 14.5. The molecule has 2 heterocycles. The van der Waals surface area contributed by atoms with Crippen molar-refractivity contribution in [3.05, 3.63) is 64.4 Å².